The maximum absolute atomic E-state index is 5.85. The highest BCUT2D eigenvalue weighted by Crippen LogP contribution is 2.09. The Hall–Kier alpha value is -1.28. The molecule has 1 aromatic carbocycles. The fraction of sp³-hybridized carbons (Fsp3) is 0.357. The number of nitrogens with one attached hydrogen (secondary N) is 1. The van der Waals surface area contributed by atoms with E-state index in [0.29, 0.717) is 5.92 Å². The molecular formula is C14H19ClN2. The number of rotatable bonds is 4. The molecule has 1 atom stereocenters. The quantitative estimate of drug-likeness (QED) is 0.637. The van der Waals surface area contributed by atoms with E-state index in [0.717, 1.165) is 22.8 Å². The summed E-state index contributed by atoms with van der Waals surface area (Å²) in [6, 6.07) is 7.63. The predicted molar refractivity (Wildman–Crippen MR) is 75.6 cm³/mol. The Morgan fingerprint density at radius 2 is 2.06 bits per heavy atom. The van der Waals surface area contributed by atoms with Crippen molar-refractivity contribution in [2.75, 3.05) is 7.05 Å². The van der Waals surface area contributed by atoms with E-state index in [-0.39, 0.29) is 0 Å². The van der Waals surface area contributed by atoms with E-state index in [1.807, 2.05) is 30.5 Å². The van der Waals surface area contributed by atoms with Crippen LogP contribution in [-0.4, -0.2) is 12.9 Å². The number of benzene rings is 1. The van der Waals surface area contributed by atoms with Crippen molar-refractivity contribution in [2.45, 2.75) is 20.3 Å². The Morgan fingerprint density at radius 3 is 2.59 bits per heavy atom. The summed E-state index contributed by atoms with van der Waals surface area (Å²) in [6.45, 7) is 4.35. The van der Waals surface area contributed by atoms with Gasteiger partial charge in [0.05, 0.1) is 0 Å². The first-order valence-corrected chi connectivity index (χ1v) is 6.21. The number of allylic oxidation sites excluding steroid dienone is 1. The molecule has 0 aliphatic carbocycles. The second-order valence-electron chi connectivity index (χ2n) is 3.97. The number of hydrogen-bond acceptors (Lipinski definition) is 1. The summed E-state index contributed by atoms with van der Waals surface area (Å²) in [6.07, 6.45) is 5.23. The summed E-state index contributed by atoms with van der Waals surface area (Å²) in [5.74, 6) is 1.42. The van der Waals surface area contributed by atoms with Gasteiger partial charge in [-0.3, -0.25) is 4.99 Å². The molecule has 3 heteroatoms. The van der Waals surface area contributed by atoms with Crippen LogP contribution in [0.2, 0.25) is 5.02 Å². The Balaban J connectivity index is 2.67. The predicted octanol–water partition coefficient (Wildman–Crippen LogP) is 3.87. The van der Waals surface area contributed by atoms with Gasteiger partial charge in [0.2, 0.25) is 0 Å². The molecule has 2 nitrogen and oxygen atoms in total. The number of nitrogens with zero attached hydrogens (tertiary/aromatic N) is 1. The maximum Gasteiger partial charge on any atom is 0.131 e. The molecule has 0 spiro atoms. The number of amidine groups is 1. The normalized spacial score (nSPS) is 14.0. The highest BCUT2D eigenvalue weighted by molar-refractivity contribution is 6.30. The van der Waals surface area contributed by atoms with Crippen molar-refractivity contribution >= 4 is 17.4 Å². The van der Waals surface area contributed by atoms with E-state index in [1.54, 1.807) is 7.05 Å². The van der Waals surface area contributed by atoms with Gasteiger partial charge in [0, 0.05) is 17.6 Å². The molecule has 92 valence electrons. The highest BCUT2D eigenvalue weighted by atomic mass is 35.5. The van der Waals surface area contributed by atoms with Gasteiger partial charge in [-0.15, -0.1) is 0 Å². The number of aliphatic imine (C=N–C) groups is 1. The molecule has 1 aromatic rings. The van der Waals surface area contributed by atoms with Crippen LogP contribution < -0.4 is 5.32 Å². The molecule has 0 heterocycles. The Morgan fingerprint density at radius 1 is 1.41 bits per heavy atom. The van der Waals surface area contributed by atoms with Crippen LogP contribution in [0.5, 0.6) is 0 Å². The summed E-state index contributed by atoms with van der Waals surface area (Å²) >= 11 is 5.85. The molecule has 0 fully saturated rings. The molecule has 17 heavy (non-hydrogen) atoms. The molecule has 0 amide bonds. The van der Waals surface area contributed by atoms with Crippen molar-refractivity contribution in [3.05, 3.63) is 47.1 Å². The molecule has 1 rings (SSSR count). The van der Waals surface area contributed by atoms with Crippen LogP contribution in [0.15, 0.2) is 41.5 Å². The van der Waals surface area contributed by atoms with Gasteiger partial charge in [-0.2, -0.15) is 0 Å². The van der Waals surface area contributed by atoms with Crippen LogP contribution in [0.4, 0.5) is 0 Å². The molecular weight excluding hydrogens is 232 g/mol. The number of halogens is 1. The molecule has 0 aromatic heterocycles. The van der Waals surface area contributed by atoms with E-state index >= 15 is 0 Å². The van der Waals surface area contributed by atoms with Gasteiger partial charge in [-0.25, -0.2) is 0 Å². The van der Waals surface area contributed by atoms with Gasteiger partial charge in [-0.05, 0) is 36.4 Å². The van der Waals surface area contributed by atoms with E-state index in [2.05, 4.69) is 30.2 Å². The zero-order chi connectivity index (χ0) is 12.7. The van der Waals surface area contributed by atoms with Crippen molar-refractivity contribution in [1.82, 2.24) is 5.32 Å². The lowest BCUT2D eigenvalue weighted by Gasteiger charge is -2.06. The van der Waals surface area contributed by atoms with Gasteiger partial charge in [0.1, 0.15) is 5.84 Å². The smallest absolute Gasteiger partial charge is 0.131 e. The van der Waals surface area contributed by atoms with Crippen LogP contribution in [0, 0.1) is 5.92 Å². The van der Waals surface area contributed by atoms with Crippen molar-refractivity contribution in [2.24, 2.45) is 10.9 Å². The molecule has 0 saturated heterocycles. The van der Waals surface area contributed by atoms with Crippen molar-refractivity contribution < 1.29 is 0 Å². The Kier molecular flexibility index (Phi) is 5.78. The monoisotopic (exact) mass is 250 g/mol. The minimum absolute atomic E-state index is 0.575. The van der Waals surface area contributed by atoms with Crippen molar-refractivity contribution in [1.29, 1.82) is 0 Å². The van der Waals surface area contributed by atoms with Crippen LogP contribution in [0.3, 0.4) is 0 Å². The summed E-state index contributed by atoms with van der Waals surface area (Å²) < 4.78 is 0. The SMILES string of the molecule is CCC(C)C=CNC(=NC)c1ccc(Cl)cc1. The minimum Gasteiger partial charge on any atom is -0.347 e. The van der Waals surface area contributed by atoms with E-state index in [4.69, 9.17) is 11.6 Å². The minimum atomic E-state index is 0.575. The lowest BCUT2D eigenvalue weighted by Crippen LogP contribution is -2.18. The summed E-state index contributed by atoms with van der Waals surface area (Å²) in [4.78, 5) is 4.22. The average Bonchev–Trinajstić information content (AvgIpc) is 2.35. The fourth-order valence-corrected chi connectivity index (χ4v) is 1.44. The van der Waals surface area contributed by atoms with Crippen LogP contribution in [-0.2, 0) is 0 Å². The van der Waals surface area contributed by atoms with Crippen LogP contribution in [0.1, 0.15) is 25.8 Å². The zero-order valence-corrected chi connectivity index (χ0v) is 11.3. The molecule has 1 unspecified atom stereocenters. The largest absolute Gasteiger partial charge is 0.347 e. The first kappa shape index (κ1) is 13.8. The summed E-state index contributed by atoms with van der Waals surface area (Å²) in [5, 5.41) is 3.93. The first-order chi connectivity index (χ1) is 8.17. The van der Waals surface area contributed by atoms with Gasteiger partial charge in [-0.1, -0.05) is 37.9 Å². The molecule has 0 saturated carbocycles. The van der Waals surface area contributed by atoms with E-state index < -0.39 is 0 Å². The Bertz CT molecular complexity index is 393. The Labute approximate surface area is 108 Å². The molecule has 0 aliphatic heterocycles. The van der Waals surface area contributed by atoms with Crippen molar-refractivity contribution in [3.8, 4) is 0 Å². The molecule has 0 bridgehead atoms. The van der Waals surface area contributed by atoms with Crippen molar-refractivity contribution in [3.63, 3.8) is 0 Å². The van der Waals surface area contributed by atoms with E-state index in [9.17, 15) is 0 Å². The first-order valence-electron chi connectivity index (χ1n) is 5.83. The highest BCUT2D eigenvalue weighted by Gasteiger charge is 2.00. The summed E-state index contributed by atoms with van der Waals surface area (Å²) in [7, 11) is 1.77. The fourth-order valence-electron chi connectivity index (χ4n) is 1.31. The average molecular weight is 251 g/mol. The standard InChI is InChI=1S/C14H19ClN2/c1-4-11(2)9-10-17-14(16-3)12-5-7-13(15)8-6-12/h5-11H,4H2,1-3H3,(H,16,17). The van der Waals surface area contributed by atoms with Crippen LogP contribution in [0.25, 0.3) is 0 Å². The third kappa shape index (κ3) is 4.61. The van der Waals surface area contributed by atoms with E-state index in [1.165, 1.54) is 0 Å². The van der Waals surface area contributed by atoms with Crippen LogP contribution >= 0.6 is 11.6 Å². The molecule has 0 radical (unpaired) electrons. The molecule has 0 aliphatic rings. The topological polar surface area (TPSA) is 24.4 Å². The van der Waals surface area contributed by atoms with Gasteiger partial charge in [0.25, 0.3) is 0 Å². The third-order valence-electron chi connectivity index (χ3n) is 2.63. The van der Waals surface area contributed by atoms with Gasteiger partial charge in [0.15, 0.2) is 0 Å². The lowest BCUT2D eigenvalue weighted by atomic mass is 10.1. The summed E-state index contributed by atoms with van der Waals surface area (Å²) in [5.41, 5.74) is 1.03. The second kappa shape index (κ2) is 7.13. The second-order valence-corrected chi connectivity index (χ2v) is 4.40. The maximum atomic E-state index is 5.85. The zero-order valence-electron chi connectivity index (χ0n) is 10.6. The lowest BCUT2D eigenvalue weighted by molar-refractivity contribution is 0.695. The molecule has 1 N–H and O–H groups in total. The third-order valence-corrected chi connectivity index (χ3v) is 2.88. The van der Waals surface area contributed by atoms with Gasteiger partial charge < -0.3 is 5.32 Å². The van der Waals surface area contributed by atoms with Gasteiger partial charge >= 0.3 is 0 Å². The number of hydrogen-bond donors (Lipinski definition) is 1.